The van der Waals surface area contributed by atoms with Crippen LogP contribution in [0.1, 0.15) is 18.1 Å². The highest BCUT2D eigenvalue weighted by molar-refractivity contribution is 8.00. The number of methoxy groups -OCH3 is 1. The molecule has 1 N–H and O–H groups in total. The summed E-state index contributed by atoms with van der Waals surface area (Å²) < 4.78 is 7.52. The Morgan fingerprint density at radius 2 is 1.61 bits per heavy atom. The van der Waals surface area contributed by atoms with Gasteiger partial charge in [0, 0.05) is 11.4 Å². The summed E-state index contributed by atoms with van der Waals surface area (Å²) in [5.41, 5.74) is 4.66. The summed E-state index contributed by atoms with van der Waals surface area (Å²) >= 11 is 1.37. The number of carbonyl (C=O) groups is 1. The van der Waals surface area contributed by atoms with Crippen LogP contribution in [0.25, 0.3) is 17.1 Å². The van der Waals surface area contributed by atoms with E-state index in [9.17, 15) is 4.79 Å². The highest BCUT2D eigenvalue weighted by Crippen LogP contribution is 2.34. The van der Waals surface area contributed by atoms with Gasteiger partial charge in [0.15, 0.2) is 11.0 Å². The van der Waals surface area contributed by atoms with Crippen molar-refractivity contribution in [3.05, 3.63) is 83.9 Å². The Kier molecular flexibility index (Phi) is 6.79. The van der Waals surface area contributed by atoms with Gasteiger partial charge in [-0.2, -0.15) is 0 Å². The molecule has 0 radical (unpaired) electrons. The molecule has 0 spiro atoms. The summed E-state index contributed by atoms with van der Waals surface area (Å²) in [6.45, 7) is 5.86. The van der Waals surface area contributed by atoms with Crippen molar-refractivity contribution < 1.29 is 9.53 Å². The minimum absolute atomic E-state index is 0.0844. The van der Waals surface area contributed by atoms with Crippen LogP contribution >= 0.6 is 11.8 Å². The van der Waals surface area contributed by atoms with Crippen molar-refractivity contribution in [3.63, 3.8) is 0 Å². The van der Waals surface area contributed by atoms with E-state index in [1.165, 1.54) is 11.8 Å². The predicted molar refractivity (Wildman–Crippen MR) is 133 cm³/mol. The van der Waals surface area contributed by atoms with E-state index in [1.54, 1.807) is 7.11 Å². The molecule has 4 aromatic rings. The Balaban J connectivity index is 1.68. The fraction of sp³-hybridized carbons (Fsp3) is 0.192. The molecule has 0 bridgehead atoms. The second-order valence-corrected chi connectivity index (χ2v) is 9.00. The van der Waals surface area contributed by atoms with Crippen LogP contribution in [0.4, 0.5) is 5.69 Å². The molecule has 168 valence electrons. The van der Waals surface area contributed by atoms with Crippen molar-refractivity contribution in [1.29, 1.82) is 0 Å². The molecule has 1 amide bonds. The fourth-order valence-corrected chi connectivity index (χ4v) is 4.48. The summed E-state index contributed by atoms with van der Waals surface area (Å²) in [4.78, 5) is 13.0. The van der Waals surface area contributed by atoms with Crippen LogP contribution in [0.15, 0.2) is 78.0 Å². The van der Waals surface area contributed by atoms with Gasteiger partial charge in [-0.15, -0.1) is 10.2 Å². The van der Waals surface area contributed by atoms with E-state index in [0.717, 1.165) is 28.1 Å². The second kappa shape index (κ2) is 9.92. The van der Waals surface area contributed by atoms with Gasteiger partial charge in [-0.05, 0) is 56.2 Å². The average molecular weight is 459 g/mol. The molecule has 1 aromatic heterocycles. The smallest absolute Gasteiger partial charge is 0.237 e. The minimum atomic E-state index is -0.388. The number of nitrogens with one attached hydrogen (secondary N) is 1. The van der Waals surface area contributed by atoms with E-state index < -0.39 is 0 Å². The average Bonchev–Trinajstić information content (AvgIpc) is 3.25. The maximum absolute atomic E-state index is 13.0. The Bertz CT molecular complexity index is 1250. The Labute approximate surface area is 198 Å². The van der Waals surface area contributed by atoms with Crippen LogP contribution < -0.4 is 10.1 Å². The zero-order valence-corrected chi connectivity index (χ0v) is 19.9. The molecule has 0 aliphatic rings. The van der Waals surface area contributed by atoms with Gasteiger partial charge in [-0.3, -0.25) is 9.36 Å². The van der Waals surface area contributed by atoms with Crippen molar-refractivity contribution in [1.82, 2.24) is 14.8 Å². The SMILES string of the molecule is COc1ccccc1-c1nnc(S[C@@H](C)C(=O)Nc2c(C)cccc2C)n1-c1ccccc1. The number of anilines is 1. The van der Waals surface area contributed by atoms with Gasteiger partial charge in [0.2, 0.25) is 5.91 Å². The van der Waals surface area contributed by atoms with Crippen LogP contribution in [0.2, 0.25) is 0 Å². The van der Waals surface area contributed by atoms with E-state index in [2.05, 4.69) is 15.5 Å². The number of hydrogen-bond donors (Lipinski definition) is 1. The Hall–Kier alpha value is -3.58. The van der Waals surface area contributed by atoms with Crippen LogP contribution in [0.5, 0.6) is 5.75 Å². The number of amides is 1. The lowest BCUT2D eigenvalue weighted by molar-refractivity contribution is -0.115. The van der Waals surface area contributed by atoms with Crippen LogP contribution in [0, 0.1) is 13.8 Å². The molecule has 0 saturated heterocycles. The third kappa shape index (κ3) is 4.78. The molecule has 0 saturated carbocycles. The number of para-hydroxylation sites is 3. The van der Waals surface area contributed by atoms with E-state index in [-0.39, 0.29) is 11.2 Å². The van der Waals surface area contributed by atoms with E-state index in [0.29, 0.717) is 16.7 Å². The van der Waals surface area contributed by atoms with E-state index in [4.69, 9.17) is 4.74 Å². The predicted octanol–water partition coefficient (Wildman–Crippen LogP) is 5.68. The van der Waals surface area contributed by atoms with Crippen molar-refractivity contribution >= 4 is 23.4 Å². The number of aryl methyl sites for hydroxylation is 2. The largest absolute Gasteiger partial charge is 0.496 e. The quantitative estimate of drug-likeness (QED) is 0.361. The summed E-state index contributed by atoms with van der Waals surface area (Å²) in [6.07, 6.45) is 0. The number of carbonyl (C=O) groups excluding carboxylic acids is 1. The van der Waals surface area contributed by atoms with Crippen molar-refractivity contribution in [2.75, 3.05) is 12.4 Å². The summed E-state index contributed by atoms with van der Waals surface area (Å²) in [6, 6.07) is 23.6. The molecule has 1 atom stereocenters. The first-order valence-corrected chi connectivity index (χ1v) is 11.6. The topological polar surface area (TPSA) is 69.0 Å². The zero-order valence-electron chi connectivity index (χ0n) is 19.1. The molecule has 0 aliphatic heterocycles. The van der Waals surface area contributed by atoms with Gasteiger partial charge in [-0.25, -0.2) is 0 Å². The Morgan fingerprint density at radius 3 is 2.30 bits per heavy atom. The first kappa shape index (κ1) is 22.6. The highest BCUT2D eigenvalue weighted by atomic mass is 32.2. The molecule has 6 nitrogen and oxygen atoms in total. The number of rotatable bonds is 7. The third-order valence-electron chi connectivity index (χ3n) is 5.38. The van der Waals surface area contributed by atoms with Gasteiger partial charge >= 0.3 is 0 Å². The van der Waals surface area contributed by atoms with Gasteiger partial charge in [0.25, 0.3) is 0 Å². The lowest BCUT2D eigenvalue weighted by Gasteiger charge is -2.16. The number of ether oxygens (including phenoxy) is 1. The molecule has 1 heterocycles. The lowest BCUT2D eigenvalue weighted by Crippen LogP contribution is -2.23. The molecule has 7 heteroatoms. The number of hydrogen-bond acceptors (Lipinski definition) is 5. The Morgan fingerprint density at radius 1 is 0.939 bits per heavy atom. The number of thioether (sulfide) groups is 1. The van der Waals surface area contributed by atoms with Gasteiger partial charge in [0.1, 0.15) is 5.75 Å². The fourth-order valence-electron chi connectivity index (χ4n) is 3.61. The van der Waals surface area contributed by atoms with Gasteiger partial charge in [0.05, 0.1) is 17.9 Å². The molecule has 3 aromatic carbocycles. The molecule has 33 heavy (non-hydrogen) atoms. The molecular formula is C26H26N4O2S. The zero-order chi connectivity index (χ0) is 23.4. The van der Waals surface area contributed by atoms with E-state index in [1.807, 2.05) is 98.1 Å². The maximum Gasteiger partial charge on any atom is 0.237 e. The molecular weight excluding hydrogens is 432 g/mol. The standard InChI is InChI=1S/C26H26N4O2S/c1-17-11-10-12-18(2)23(17)27-25(31)19(3)33-26-29-28-24(21-15-8-9-16-22(21)32-4)30(26)20-13-6-5-7-14-20/h5-16,19H,1-4H3,(H,27,31)/t19-/m0/s1. The van der Waals surface area contributed by atoms with Crippen LogP contribution in [-0.2, 0) is 4.79 Å². The molecule has 0 fully saturated rings. The van der Waals surface area contributed by atoms with Crippen molar-refractivity contribution in [2.45, 2.75) is 31.2 Å². The third-order valence-corrected chi connectivity index (χ3v) is 6.42. The number of nitrogens with zero attached hydrogens (tertiary/aromatic N) is 3. The molecule has 0 unspecified atom stereocenters. The molecule has 4 rings (SSSR count). The van der Waals surface area contributed by atoms with E-state index >= 15 is 0 Å². The number of aromatic nitrogens is 3. The van der Waals surface area contributed by atoms with Crippen molar-refractivity contribution in [3.8, 4) is 22.8 Å². The highest BCUT2D eigenvalue weighted by Gasteiger charge is 2.23. The van der Waals surface area contributed by atoms with Gasteiger partial charge < -0.3 is 10.1 Å². The first-order valence-electron chi connectivity index (χ1n) is 10.7. The van der Waals surface area contributed by atoms with Gasteiger partial charge in [-0.1, -0.05) is 60.3 Å². The lowest BCUT2D eigenvalue weighted by atomic mass is 10.1. The first-order chi connectivity index (χ1) is 16.0. The summed E-state index contributed by atoms with van der Waals surface area (Å²) in [5, 5.41) is 12.2. The molecule has 0 aliphatic carbocycles. The second-order valence-electron chi connectivity index (χ2n) is 7.69. The maximum atomic E-state index is 13.0. The monoisotopic (exact) mass is 458 g/mol. The van der Waals surface area contributed by atoms with Crippen LogP contribution in [0.3, 0.4) is 0 Å². The number of benzene rings is 3. The minimum Gasteiger partial charge on any atom is -0.496 e. The normalized spacial score (nSPS) is 11.8. The summed E-state index contributed by atoms with van der Waals surface area (Å²) in [7, 11) is 1.64. The van der Waals surface area contributed by atoms with Crippen LogP contribution in [-0.4, -0.2) is 33.0 Å². The summed E-state index contributed by atoms with van der Waals surface area (Å²) in [5.74, 6) is 1.28. The van der Waals surface area contributed by atoms with Crippen molar-refractivity contribution in [2.24, 2.45) is 0 Å².